The van der Waals surface area contributed by atoms with E-state index in [9.17, 15) is 9.18 Å². The maximum Gasteiger partial charge on any atom is 0.275 e. The first-order chi connectivity index (χ1) is 12.6. The highest BCUT2D eigenvalue weighted by Crippen LogP contribution is 2.34. The Labute approximate surface area is 149 Å². The van der Waals surface area contributed by atoms with Gasteiger partial charge in [-0.15, -0.1) is 0 Å². The number of methoxy groups -OCH3 is 1. The molecular formula is C19H17FN4O2. The van der Waals surface area contributed by atoms with Crippen molar-refractivity contribution in [3.8, 4) is 22.4 Å². The van der Waals surface area contributed by atoms with Gasteiger partial charge in [0.05, 0.1) is 11.9 Å². The maximum atomic E-state index is 13.2. The minimum Gasteiger partial charge on any atom is -0.362 e. The monoisotopic (exact) mass is 352 g/mol. The van der Waals surface area contributed by atoms with Crippen LogP contribution in [0.2, 0.25) is 0 Å². The maximum absolute atomic E-state index is 13.2. The smallest absolute Gasteiger partial charge is 0.275 e. The molecule has 0 saturated heterocycles. The molecule has 1 aliphatic heterocycles. The number of pyridine rings is 1. The molecule has 3 heterocycles. The zero-order chi connectivity index (χ0) is 18.3. The van der Waals surface area contributed by atoms with Crippen LogP contribution in [0.3, 0.4) is 0 Å². The van der Waals surface area contributed by atoms with Gasteiger partial charge in [0.25, 0.3) is 5.91 Å². The standard InChI is InChI=1S/C19H17FN4O2/c1-23-9-13-4-3-12(17-6-5-14(20)8-21-17)7-15(13)16-10-24(11-26-2)22-18(16)19(23)25/h3-8,10H,9,11H2,1-2H3. The van der Waals surface area contributed by atoms with Crippen molar-refractivity contribution in [1.29, 1.82) is 0 Å². The Hall–Kier alpha value is -3.06. The summed E-state index contributed by atoms with van der Waals surface area (Å²) in [5.74, 6) is -0.508. The lowest BCUT2D eigenvalue weighted by molar-refractivity contribution is 0.0776. The van der Waals surface area contributed by atoms with Crippen molar-refractivity contribution in [2.45, 2.75) is 13.3 Å². The Morgan fingerprint density at radius 3 is 2.81 bits per heavy atom. The minimum absolute atomic E-state index is 0.132. The molecule has 2 aromatic heterocycles. The molecule has 3 aromatic rings. The van der Waals surface area contributed by atoms with Crippen LogP contribution in [-0.4, -0.2) is 39.7 Å². The Bertz CT molecular complexity index is 982. The number of amides is 1. The van der Waals surface area contributed by atoms with E-state index in [1.165, 1.54) is 12.3 Å². The molecule has 0 fully saturated rings. The van der Waals surface area contributed by atoms with Gasteiger partial charge in [0.15, 0.2) is 5.69 Å². The van der Waals surface area contributed by atoms with Crippen LogP contribution in [0.25, 0.3) is 22.4 Å². The molecule has 1 amide bonds. The highest BCUT2D eigenvalue weighted by atomic mass is 19.1. The van der Waals surface area contributed by atoms with E-state index in [0.717, 1.165) is 22.3 Å². The summed E-state index contributed by atoms with van der Waals surface area (Å²) in [4.78, 5) is 18.5. The summed E-state index contributed by atoms with van der Waals surface area (Å²) in [5, 5.41) is 4.38. The Balaban J connectivity index is 1.88. The van der Waals surface area contributed by atoms with E-state index in [4.69, 9.17) is 4.74 Å². The summed E-state index contributed by atoms with van der Waals surface area (Å²) in [6.45, 7) is 0.754. The van der Waals surface area contributed by atoms with Gasteiger partial charge in [-0.05, 0) is 29.3 Å². The van der Waals surface area contributed by atoms with Gasteiger partial charge in [0.2, 0.25) is 0 Å². The van der Waals surface area contributed by atoms with Gasteiger partial charge in [0, 0.05) is 38.0 Å². The lowest BCUT2D eigenvalue weighted by Gasteiger charge is -2.15. The van der Waals surface area contributed by atoms with Crippen LogP contribution in [-0.2, 0) is 18.0 Å². The van der Waals surface area contributed by atoms with Gasteiger partial charge in [-0.1, -0.05) is 12.1 Å². The molecule has 7 heteroatoms. The number of hydrogen-bond acceptors (Lipinski definition) is 4. The normalized spacial score (nSPS) is 13.3. The number of rotatable bonds is 3. The second kappa shape index (κ2) is 6.34. The molecule has 0 N–H and O–H groups in total. The number of carbonyl (C=O) groups is 1. The van der Waals surface area contributed by atoms with Crippen molar-refractivity contribution < 1.29 is 13.9 Å². The van der Waals surface area contributed by atoms with Crippen LogP contribution in [0.15, 0.2) is 42.7 Å². The summed E-state index contributed by atoms with van der Waals surface area (Å²) in [6.07, 6.45) is 3.01. The SMILES string of the molecule is COCn1cc2c(n1)C(=O)N(C)Cc1ccc(-c3ccc(F)cn3)cc1-2. The number of hydrogen-bond donors (Lipinski definition) is 0. The molecule has 132 valence electrons. The summed E-state index contributed by atoms with van der Waals surface area (Å²) in [7, 11) is 3.33. The third kappa shape index (κ3) is 2.76. The van der Waals surface area contributed by atoms with Crippen molar-refractivity contribution in [2.24, 2.45) is 0 Å². The number of nitrogens with zero attached hydrogens (tertiary/aromatic N) is 4. The largest absolute Gasteiger partial charge is 0.362 e. The summed E-state index contributed by atoms with van der Waals surface area (Å²) in [6, 6.07) is 8.90. The zero-order valence-corrected chi connectivity index (χ0v) is 14.4. The van der Waals surface area contributed by atoms with Crippen molar-refractivity contribution in [3.05, 3.63) is 59.8 Å². The van der Waals surface area contributed by atoms with E-state index in [2.05, 4.69) is 10.1 Å². The fourth-order valence-electron chi connectivity index (χ4n) is 3.15. The number of halogens is 1. The van der Waals surface area contributed by atoms with E-state index in [1.54, 1.807) is 29.8 Å². The van der Waals surface area contributed by atoms with Gasteiger partial charge < -0.3 is 9.64 Å². The van der Waals surface area contributed by atoms with Crippen LogP contribution in [0, 0.1) is 5.82 Å². The summed E-state index contributed by atoms with van der Waals surface area (Å²) >= 11 is 0. The van der Waals surface area contributed by atoms with Crippen molar-refractivity contribution in [3.63, 3.8) is 0 Å². The molecule has 0 unspecified atom stereocenters. The second-order valence-electron chi connectivity index (χ2n) is 6.24. The van der Waals surface area contributed by atoms with E-state index in [0.29, 0.717) is 17.9 Å². The lowest BCUT2D eigenvalue weighted by Crippen LogP contribution is -2.25. The fraction of sp³-hybridized carbons (Fsp3) is 0.211. The summed E-state index contributed by atoms with van der Waals surface area (Å²) in [5.41, 5.74) is 4.61. The van der Waals surface area contributed by atoms with Gasteiger partial charge in [-0.2, -0.15) is 5.10 Å². The number of aromatic nitrogens is 3. The Morgan fingerprint density at radius 2 is 2.08 bits per heavy atom. The number of carbonyl (C=O) groups excluding carboxylic acids is 1. The molecule has 0 radical (unpaired) electrons. The first kappa shape index (κ1) is 16.4. The first-order valence-electron chi connectivity index (χ1n) is 8.14. The van der Waals surface area contributed by atoms with Gasteiger partial charge in [-0.3, -0.25) is 9.78 Å². The second-order valence-corrected chi connectivity index (χ2v) is 6.24. The van der Waals surface area contributed by atoms with Crippen LogP contribution >= 0.6 is 0 Å². The average Bonchev–Trinajstić information content (AvgIpc) is 3.02. The summed E-state index contributed by atoms with van der Waals surface area (Å²) < 4.78 is 19.9. The van der Waals surface area contributed by atoms with Crippen molar-refractivity contribution in [1.82, 2.24) is 19.7 Å². The van der Waals surface area contributed by atoms with Crippen LogP contribution < -0.4 is 0 Å². The molecule has 0 bridgehead atoms. The number of benzene rings is 1. The molecule has 4 rings (SSSR count). The molecule has 6 nitrogen and oxygen atoms in total. The van der Waals surface area contributed by atoms with Gasteiger partial charge in [-0.25, -0.2) is 9.07 Å². The Kier molecular flexibility index (Phi) is 4.00. The quantitative estimate of drug-likeness (QED) is 0.727. The van der Waals surface area contributed by atoms with E-state index < -0.39 is 0 Å². The van der Waals surface area contributed by atoms with Gasteiger partial charge >= 0.3 is 0 Å². The lowest BCUT2D eigenvalue weighted by atomic mass is 9.97. The minimum atomic E-state index is -0.376. The first-order valence-corrected chi connectivity index (χ1v) is 8.14. The molecule has 1 aromatic carbocycles. The van der Waals surface area contributed by atoms with Crippen LogP contribution in [0.5, 0.6) is 0 Å². The van der Waals surface area contributed by atoms with Crippen LogP contribution in [0.4, 0.5) is 4.39 Å². The molecule has 26 heavy (non-hydrogen) atoms. The predicted molar refractivity (Wildman–Crippen MR) is 93.7 cm³/mol. The highest BCUT2D eigenvalue weighted by molar-refractivity contribution is 6.00. The van der Waals surface area contributed by atoms with E-state index in [1.807, 2.05) is 24.4 Å². The number of fused-ring (bicyclic) bond motifs is 3. The van der Waals surface area contributed by atoms with Gasteiger partial charge in [0.1, 0.15) is 12.5 Å². The van der Waals surface area contributed by atoms with Crippen molar-refractivity contribution >= 4 is 5.91 Å². The molecule has 1 aliphatic rings. The Morgan fingerprint density at radius 1 is 1.23 bits per heavy atom. The van der Waals surface area contributed by atoms with Crippen LogP contribution in [0.1, 0.15) is 16.1 Å². The number of ether oxygens (including phenoxy) is 1. The molecule has 0 aliphatic carbocycles. The topological polar surface area (TPSA) is 60.3 Å². The van der Waals surface area contributed by atoms with E-state index in [-0.39, 0.29) is 18.5 Å². The predicted octanol–water partition coefficient (Wildman–Crippen LogP) is 2.94. The third-order valence-electron chi connectivity index (χ3n) is 4.40. The van der Waals surface area contributed by atoms with E-state index >= 15 is 0 Å². The fourth-order valence-corrected chi connectivity index (χ4v) is 3.15. The highest BCUT2D eigenvalue weighted by Gasteiger charge is 2.27. The molecule has 0 atom stereocenters. The average molecular weight is 352 g/mol. The zero-order valence-electron chi connectivity index (χ0n) is 14.4. The third-order valence-corrected chi connectivity index (χ3v) is 4.40. The molecular weight excluding hydrogens is 335 g/mol. The molecule has 0 saturated carbocycles. The molecule has 0 spiro atoms. The van der Waals surface area contributed by atoms with Crippen molar-refractivity contribution in [2.75, 3.05) is 14.2 Å².